The molecule has 1 heterocycles. The minimum atomic E-state index is 1.03. The average molecular weight is 276 g/mol. The Morgan fingerprint density at radius 1 is 0.895 bits per heavy atom. The Labute approximate surface area is 121 Å². The van der Waals surface area contributed by atoms with Crippen molar-refractivity contribution in [2.24, 2.45) is 0 Å². The van der Waals surface area contributed by atoms with Crippen molar-refractivity contribution in [2.75, 3.05) is 5.75 Å². The van der Waals surface area contributed by atoms with E-state index < -0.39 is 0 Å². The molecule has 1 aromatic heterocycles. The van der Waals surface area contributed by atoms with Gasteiger partial charge in [0.05, 0.1) is 11.7 Å². The maximum absolute atomic E-state index is 4.46. The lowest BCUT2D eigenvalue weighted by molar-refractivity contribution is 0.532. The van der Waals surface area contributed by atoms with Gasteiger partial charge >= 0.3 is 0 Å². The number of hydrogen-bond donors (Lipinski definition) is 1. The molecule has 0 saturated heterocycles. The molecule has 0 fully saturated rings. The summed E-state index contributed by atoms with van der Waals surface area (Å²) >= 11 is 4.23. The van der Waals surface area contributed by atoms with Gasteiger partial charge in [0.25, 0.3) is 0 Å². The molecule has 0 bridgehead atoms. The lowest BCUT2D eigenvalue weighted by Crippen LogP contribution is -1.99. The molecule has 3 heteroatoms. The molecule has 2 aromatic rings. The summed E-state index contributed by atoms with van der Waals surface area (Å²) in [6.07, 6.45) is 11.2. The molecule has 0 unspecified atom stereocenters. The van der Waals surface area contributed by atoms with Crippen molar-refractivity contribution in [2.45, 2.75) is 51.5 Å². The van der Waals surface area contributed by atoms with Gasteiger partial charge in [-0.2, -0.15) is 17.7 Å². The van der Waals surface area contributed by atoms with Crippen molar-refractivity contribution in [3.8, 4) is 0 Å². The van der Waals surface area contributed by atoms with E-state index in [0.717, 1.165) is 12.3 Å². The van der Waals surface area contributed by atoms with E-state index in [0.29, 0.717) is 0 Å². The molecule has 0 aliphatic carbocycles. The summed E-state index contributed by atoms with van der Waals surface area (Å²) < 4.78 is 2.14. The van der Waals surface area contributed by atoms with Gasteiger partial charge < -0.3 is 0 Å². The van der Waals surface area contributed by atoms with Crippen LogP contribution >= 0.6 is 12.6 Å². The number of thiol groups is 1. The van der Waals surface area contributed by atoms with Gasteiger partial charge in [-0.3, -0.25) is 4.68 Å². The van der Waals surface area contributed by atoms with Crippen LogP contribution in [0.1, 0.15) is 44.9 Å². The first-order chi connectivity index (χ1) is 9.42. The third-order valence-electron chi connectivity index (χ3n) is 3.58. The number of fused-ring (bicyclic) bond motifs is 1. The van der Waals surface area contributed by atoms with E-state index >= 15 is 0 Å². The molecule has 0 spiro atoms. The zero-order chi connectivity index (χ0) is 13.3. The second-order valence-electron chi connectivity index (χ2n) is 5.13. The highest BCUT2D eigenvalue weighted by molar-refractivity contribution is 7.80. The van der Waals surface area contributed by atoms with Crippen molar-refractivity contribution in [3.63, 3.8) is 0 Å². The Morgan fingerprint density at radius 3 is 2.37 bits per heavy atom. The van der Waals surface area contributed by atoms with E-state index in [1.165, 1.54) is 55.8 Å². The number of nitrogens with zero attached hydrogens (tertiary/aromatic N) is 2. The molecule has 0 radical (unpaired) electrons. The maximum Gasteiger partial charge on any atom is 0.0682 e. The average Bonchev–Trinajstić information content (AvgIpc) is 2.85. The van der Waals surface area contributed by atoms with Crippen LogP contribution in [0.2, 0.25) is 0 Å². The minimum absolute atomic E-state index is 1.03. The first-order valence-corrected chi connectivity index (χ1v) is 8.06. The van der Waals surface area contributed by atoms with E-state index in [4.69, 9.17) is 0 Å². The Hall–Kier alpha value is -0.960. The van der Waals surface area contributed by atoms with Crippen LogP contribution in [-0.4, -0.2) is 15.5 Å². The summed E-state index contributed by atoms with van der Waals surface area (Å²) in [5.74, 6) is 1.03. The van der Waals surface area contributed by atoms with Crippen LogP contribution in [0.15, 0.2) is 30.5 Å². The minimum Gasteiger partial charge on any atom is -0.265 e. The SMILES string of the molecule is SCCCCCCCCCn1ncc2ccccc21. The number of unbranched alkanes of at least 4 members (excludes halogenated alkanes) is 6. The van der Waals surface area contributed by atoms with Crippen LogP contribution in [0, 0.1) is 0 Å². The zero-order valence-corrected chi connectivity index (χ0v) is 12.5. The van der Waals surface area contributed by atoms with Gasteiger partial charge in [0, 0.05) is 11.9 Å². The highest BCUT2D eigenvalue weighted by Crippen LogP contribution is 2.14. The number of rotatable bonds is 9. The second-order valence-corrected chi connectivity index (χ2v) is 5.57. The van der Waals surface area contributed by atoms with Crippen molar-refractivity contribution >= 4 is 23.5 Å². The van der Waals surface area contributed by atoms with Gasteiger partial charge in [-0.1, -0.05) is 50.3 Å². The summed E-state index contributed by atoms with van der Waals surface area (Å²) in [5, 5.41) is 5.71. The summed E-state index contributed by atoms with van der Waals surface area (Å²) in [6, 6.07) is 8.43. The third kappa shape index (κ3) is 4.57. The number of hydrogen-bond acceptors (Lipinski definition) is 2. The van der Waals surface area contributed by atoms with Gasteiger partial charge in [0.2, 0.25) is 0 Å². The Kier molecular flexibility index (Phi) is 6.28. The van der Waals surface area contributed by atoms with Crippen molar-refractivity contribution < 1.29 is 0 Å². The lowest BCUT2D eigenvalue weighted by atomic mass is 10.1. The highest BCUT2D eigenvalue weighted by atomic mass is 32.1. The molecule has 1 aromatic carbocycles. The normalized spacial score (nSPS) is 11.2. The van der Waals surface area contributed by atoms with E-state index in [9.17, 15) is 0 Å². The summed E-state index contributed by atoms with van der Waals surface area (Å²) in [6.45, 7) is 1.05. The van der Waals surface area contributed by atoms with Gasteiger partial charge in [-0.05, 0) is 24.7 Å². The predicted octanol–water partition coefficient (Wildman–Crippen LogP) is 4.70. The van der Waals surface area contributed by atoms with Gasteiger partial charge in [-0.25, -0.2) is 0 Å². The third-order valence-corrected chi connectivity index (χ3v) is 3.90. The van der Waals surface area contributed by atoms with E-state index in [1.54, 1.807) is 0 Å². The molecular weight excluding hydrogens is 252 g/mol. The van der Waals surface area contributed by atoms with E-state index in [2.05, 4.69) is 46.7 Å². The summed E-state index contributed by atoms with van der Waals surface area (Å²) in [5.41, 5.74) is 1.26. The first-order valence-electron chi connectivity index (χ1n) is 7.43. The number of aromatic nitrogens is 2. The van der Waals surface area contributed by atoms with Gasteiger partial charge in [0.1, 0.15) is 0 Å². The number of benzene rings is 1. The van der Waals surface area contributed by atoms with Crippen LogP contribution in [0.4, 0.5) is 0 Å². The number of aryl methyl sites for hydroxylation is 1. The van der Waals surface area contributed by atoms with Crippen LogP contribution in [0.3, 0.4) is 0 Å². The fourth-order valence-corrected chi connectivity index (χ4v) is 2.68. The standard InChI is InChI=1S/C16H24N2S/c19-13-9-5-3-1-2-4-8-12-18-16-11-7-6-10-15(16)14-17-18/h6-7,10-11,14,19H,1-5,8-9,12-13H2. The molecule has 0 aliphatic rings. The van der Waals surface area contributed by atoms with Crippen LogP contribution in [-0.2, 0) is 6.54 Å². The topological polar surface area (TPSA) is 17.8 Å². The monoisotopic (exact) mass is 276 g/mol. The molecule has 0 N–H and O–H groups in total. The van der Waals surface area contributed by atoms with Gasteiger partial charge in [-0.15, -0.1) is 0 Å². The van der Waals surface area contributed by atoms with Crippen molar-refractivity contribution in [1.82, 2.24) is 9.78 Å². The van der Waals surface area contributed by atoms with Gasteiger partial charge in [0.15, 0.2) is 0 Å². The van der Waals surface area contributed by atoms with Crippen LogP contribution < -0.4 is 0 Å². The second kappa shape index (κ2) is 8.26. The molecule has 2 rings (SSSR count). The summed E-state index contributed by atoms with van der Waals surface area (Å²) in [7, 11) is 0. The Bertz CT molecular complexity index is 478. The van der Waals surface area contributed by atoms with E-state index in [1.807, 2.05) is 6.20 Å². The van der Waals surface area contributed by atoms with Crippen molar-refractivity contribution in [3.05, 3.63) is 30.5 Å². The number of para-hydroxylation sites is 1. The largest absolute Gasteiger partial charge is 0.265 e. The Morgan fingerprint density at radius 2 is 1.58 bits per heavy atom. The fraction of sp³-hybridized carbons (Fsp3) is 0.562. The van der Waals surface area contributed by atoms with Crippen LogP contribution in [0.25, 0.3) is 10.9 Å². The van der Waals surface area contributed by atoms with E-state index in [-0.39, 0.29) is 0 Å². The predicted molar refractivity (Wildman–Crippen MR) is 85.9 cm³/mol. The quantitative estimate of drug-likeness (QED) is 0.519. The molecule has 0 saturated carbocycles. The van der Waals surface area contributed by atoms with Crippen LogP contribution in [0.5, 0.6) is 0 Å². The molecule has 19 heavy (non-hydrogen) atoms. The zero-order valence-electron chi connectivity index (χ0n) is 11.6. The molecular formula is C16H24N2S. The summed E-state index contributed by atoms with van der Waals surface area (Å²) in [4.78, 5) is 0. The highest BCUT2D eigenvalue weighted by Gasteiger charge is 2.00. The first kappa shape index (κ1) is 14.4. The molecule has 0 amide bonds. The Balaban J connectivity index is 1.63. The molecule has 104 valence electrons. The maximum atomic E-state index is 4.46. The molecule has 2 nitrogen and oxygen atoms in total. The molecule has 0 atom stereocenters. The molecule has 0 aliphatic heterocycles. The lowest BCUT2D eigenvalue weighted by Gasteiger charge is -2.04. The van der Waals surface area contributed by atoms with Crippen molar-refractivity contribution in [1.29, 1.82) is 0 Å². The smallest absolute Gasteiger partial charge is 0.0682 e. The fourth-order valence-electron chi connectivity index (χ4n) is 2.46.